The first-order valence-corrected chi connectivity index (χ1v) is 49.1. The molecule has 4 aliphatic heterocycles. The Morgan fingerprint density at radius 3 is 1.02 bits per heavy atom. The van der Waals surface area contributed by atoms with E-state index in [0.717, 1.165) is 25.7 Å². The Balaban J connectivity index is 0.000000132. The van der Waals surface area contributed by atoms with Crippen LogP contribution < -0.4 is 59.0 Å². The van der Waals surface area contributed by atoms with Crippen LogP contribution in [0.15, 0.2) is 219 Å². The fraction of sp³-hybridized carbons (Fsp3) is 0.416. The molecule has 0 radical (unpaired) electrons. The van der Waals surface area contributed by atoms with Gasteiger partial charge in [0.05, 0.1) is 50.4 Å². The molecular formula is C113H148B4N12+4. The molecule has 12 nitrogen and oxygen atoms in total. The maximum absolute atomic E-state index is 2.82. The number of anilines is 4. The van der Waals surface area contributed by atoms with Crippen LogP contribution in [0.3, 0.4) is 0 Å². The van der Waals surface area contributed by atoms with Crippen molar-refractivity contribution >= 4 is 72.5 Å². The average Bonchev–Trinajstić information content (AvgIpc) is 1.44. The number of hydrogen-bond donors (Lipinski definition) is 0. The second-order valence-electron chi connectivity index (χ2n) is 41.0. The molecule has 129 heavy (non-hydrogen) atoms. The fourth-order valence-corrected chi connectivity index (χ4v) is 22.8. The summed E-state index contributed by atoms with van der Waals surface area (Å²) in [6.45, 7) is 51.6. The molecule has 0 amide bonds. The zero-order valence-corrected chi connectivity index (χ0v) is 83.6. The van der Waals surface area contributed by atoms with Crippen molar-refractivity contribution in [1.29, 1.82) is 0 Å². The van der Waals surface area contributed by atoms with E-state index in [1.165, 1.54) is 200 Å². The van der Waals surface area contributed by atoms with Crippen LogP contribution in [0.1, 0.15) is 272 Å². The van der Waals surface area contributed by atoms with E-state index in [9.17, 15) is 0 Å². The number of nitrogens with zero attached hydrogens (tertiary/aromatic N) is 12. The summed E-state index contributed by atoms with van der Waals surface area (Å²) in [6.07, 6.45) is 29.1. The molecule has 1 aliphatic carbocycles. The fourth-order valence-electron chi connectivity index (χ4n) is 22.8. The van der Waals surface area contributed by atoms with Crippen molar-refractivity contribution in [2.45, 2.75) is 258 Å². The Morgan fingerprint density at radius 1 is 0.318 bits per heavy atom. The second-order valence-corrected chi connectivity index (χ2v) is 41.0. The highest BCUT2D eigenvalue weighted by atomic mass is 15.3. The lowest BCUT2D eigenvalue weighted by Gasteiger charge is -2.42. The van der Waals surface area contributed by atoms with Crippen molar-refractivity contribution < 1.29 is 17.9 Å². The summed E-state index contributed by atoms with van der Waals surface area (Å²) in [5, 5.41) is 0. The van der Waals surface area contributed by atoms with Crippen LogP contribution in [0.2, 0.25) is 0 Å². The minimum Gasteiger partial charge on any atom is -0.372 e. The van der Waals surface area contributed by atoms with E-state index < -0.39 is 0 Å². The van der Waals surface area contributed by atoms with Crippen LogP contribution in [-0.4, -0.2) is 72.4 Å². The van der Waals surface area contributed by atoms with Crippen LogP contribution >= 0.6 is 0 Å². The molecule has 4 aromatic heterocycles. The Labute approximate surface area is 777 Å². The van der Waals surface area contributed by atoms with Crippen LogP contribution in [0.4, 0.5) is 22.7 Å². The molecule has 0 atom stereocenters. The largest absolute Gasteiger partial charge is 0.538 e. The summed E-state index contributed by atoms with van der Waals surface area (Å²) in [5.41, 5.74) is 36.5. The summed E-state index contributed by atoms with van der Waals surface area (Å²) in [6, 6.07) is 64.8. The van der Waals surface area contributed by atoms with Gasteiger partial charge in [0.1, 0.15) is 49.6 Å². The molecule has 668 valence electrons. The minimum absolute atomic E-state index is 0.102. The normalized spacial score (nSPS) is 14.0. The quantitative estimate of drug-likeness (QED) is 0.0757. The van der Waals surface area contributed by atoms with Gasteiger partial charge in [0.15, 0.2) is 0 Å². The number of benzene rings is 9. The predicted octanol–water partition coefficient (Wildman–Crippen LogP) is 22.0. The van der Waals surface area contributed by atoms with Gasteiger partial charge in [0.2, 0.25) is 0 Å². The molecule has 18 rings (SSSR count). The monoisotopic (exact) mass is 1720 g/mol. The molecule has 0 N–H and O–H groups in total. The Bertz CT molecular complexity index is 6050. The van der Waals surface area contributed by atoms with Gasteiger partial charge in [-0.15, -0.1) is 0 Å². The molecule has 16 heteroatoms. The third-order valence-corrected chi connectivity index (χ3v) is 29.0. The number of aryl methyl sites for hydroxylation is 8. The van der Waals surface area contributed by atoms with Gasteiger partial charge in [-0.3, -0.25) is 17.9 Å². The van der Waals surface area contributed by atoms with E-state index in [-0.39, 0.29) is 27.9 Å². The topological polar surface area (TPSA) is 48.2 Å². The summed E-state index contributed by atoms with van der Waals surface area (Å²) in [7, 11) is 13.2. The summed E-state index contributed by atoms with van der Waals surface area (Å²) in [4.78, 5) is 10.5. The molecule has 9 aromatic carbocycles. The van der Waals surface area contributed by atoms with Crippen LogP contribution in [-0.2, 0) is 41.0 Å². The maximum Gasteiger partial charge on any atom is 0.538 e. The minimum atomic E-state index is 0.102. The first kappa shape index (κ1) is 93.0. The van der Waals surface area contributed by atoms with E-state index >= 15 is 0 Å². The van der Waals surface area contributed by atoms with Gasteiger partial charge < -0.3 is 19.2 Å². The van der Waals surface area contributed by atoms with Crippen molar-refractivity contribution in [2.75, 3.05) is 33.3 Å². The zero-order valence-electron chi connectivity index (χ0n) is 83.6. The smallest absolute Gasteiger partial charge is 0.372 e. The Morgan fingerprint density at radius 2 is 0.636 bits per heavy atom. The zero-order chi connectivity index (χ0) is 92.2. The molecule has 0 bridgehead atoms. The van der Waals surface area contributed by atoms with Gasteiger partial charge in [-0.1, -0.05) is 289 Å². The Kier molecular flexibility index (Phi) is 27.9. The molecule has 1 saturated carbocycles. The molecule has 0 saturated heterocycles. The highest BCUT2D eigenvalue weighted by molar-refractivity contribution is 6.73. The van der Waals surface area contributed by atoms with Gasteiger partial charge in [-0.2, -0.15) is 0 Å². The molecule has 1 fully saturated rings. The van der Waals surface area contributed by atoms with E-state index in [0.29, 0.717) is 59.4 Å². The van der Waals surface area contributed by atoms with E-state index in [4.69, 9.17) is 0 Å². The van der Waals surface area contributed by atoms with Crippen molar-refractivity contribution in [3.05, 3.63) is 286 Å². The number of aromatic nitrogens is 8. The number of fused-ring (bicyclic) bond motifs is 12. The first-order chi connectivity index (χ1) is 61.8. The van der Waals surface area contributed by atoms with Gasteiger partial charge in [0.25, 0.3) is 23.3 Å². The highest BCUT2D eigenvalue weighted by Gasteiger charge is 2.53. The summed E-state index contributed by atoms with van der Waals surface area (Å²) < 4.78 is 19.3. The third kappa shape index (κ3) is 17.4. The highest BCUT2D eigenvalue weighted by Crippen LogP contribution is 2.44. The van der Waals surface area contributed by atoms with Crippen LogP contribution in [0.5, 0.6) is 0 Å². The van der Waals surface area contributed by atoms with E-state index in [2.05, 4.69) is 469 Å². The van der Waals surface area contributed by atoms with Gasteiger partial charge in [-0.05, 0) is 230 Å². The molecular weight excluding hydrogens is 1570 g/mol. The molecule has 0 spiro atoms. The van der Waals surface area contributed by atoms with Crippen LogP contribution in [0, 0.1) is 39.5 Å². The van der Waals surface area contributed by atoms with Crippen molar-refractivity contribution in [1.82, 2.24) is 18.3 Å². The SMILES string of the molecule is CCC(CC)N1B(c2c(C(C)C)cccc2C(C)C)[n+]2ccn(C)c2-c2c(C)cccc21.Cc1cccc2c1-c1n(C)cc[n+]1B(c1c(C(C)C)cc(-c3ccccc3)cc1C(C)C)N2C.Cc1cccc2c1-c1n(C)cc[n+]1B(c1c(C(C)C)cccc1C(C)C)N2C1CCCCC1.Cc1cccc2c1-c1n(C)cc[n+]1B(c1c(CC(C)C)cccc1CC(C)C)N2C. The Hall–Kier alpha value is -10.7. The van der Waals surface area contributed by atoms with Gasteiger partial charge in [0, 0.05) is 56.7 Å². The third-order valence-electron chi connectivity index (χ3n) is 29.0. The van der Waals surface area contributed by atoms with Crippen molar-refractivity contribution in [2.24, 2.45) is 40.0 Å². The van der Waals surface area contributed by atoms with Crippen molar-refractivity contribution in [3.63, 3.8) is 0 Å². The average molecular weight is 1720 g/mol. The lowest BCUT2D eigenvalue weighted by molar-refractivity contribution is -0.524. The molecule has 8 heterocycles. The van der Waals surface area contributed by atoms with Gasteiger partial charge >= 0.3 is 27.9 Å². The van der Waals surface area contributed by atoms with E-state index in [1.54, 1.807) is 0 Å². The number of imidazole rings is 4. The molecule has 0 unspecified atom stereocenters. The predicted molar refractivity (Wildman–Crippen MR) is 552 cm³/mol. The first-order valence-electron chi connectivity index (χ1n) is 49.1. The summed E-state index contributed by atoms with van der Waals surface area (Å²) >= 11 is 0. The van der Waals surface area contributed by atoms with Gasteiger partial charge in [-0.25, -0.2) is 18.3 Å². The second kappa shape index (κ2) is 38.8. The number of hydrogen-bond acceptors (Lipinski definition) is 4. The lowest BCUT2D eigenvalue weighted by atomic mass is 9.56. The number of rotatable bonds is 19. The lowest BCUT2D eigenvalue weighted by Crippen LogP contribution is -2.74. The molecule has 13 aromatic rings. The van der Waals surface area contributed by atoms with Crippen molar-refractivity contribution in [3.8, 4) is 56.7 Å². The maximum atomic E-state index is 2.82. The van der Waals surface area contributed by atoms with E-state index in [1.807, 2.05) is 0 Å². The summed E-state index contributed by atoms with van der Waals surface area (Å²) in [5.74, 6) is 9.19. The molecule has 5 aliphatic rings. The van der Waals surface area contributed by atoms with Crippen LogP contribution in [0.25, 0.3) is 56.7 Å². The standard InChI is InChI=1S/C30H35BN3.C29H39BN3.C28H39BN3.C26H35BN3/c1-20(2)25-18-24(23-13-9-8-10-14-23)19-26(21(3)4)29(25)31-33(7)27-15-11-12-22(5)28(27)30-32(6)16-17-34(30)31;1-20(2)24-15-11-16-25(21(3)4)28(24)30-32-19-18-31(6)29(32)27-22(5)12-10-17-26(27)33(30)23-13-8-7-9-14-23;1-9-22(10-2)32-25-16-11-13-21(7)26(25)28-30(8)17-18-31(28)29(32)27-23(19(3)4)14-12-15-24(27)20(5)6;1-18(2)16-21-11-9-12-22(17-19(3)4)25(21)27-29(7)23-13-8-10-20(5)24(23)26-28(6)14-15-30(26)27/h8-21H,1-7H3;10-12,15-21,23H,7-9,13-14H2,1-6H3;11-20,22H,9-10H2,1-8H3;8-15,18-19H,16-17H2,1-7H3/q4*+1.